The summed E-state index contributed by atoms with van der Waals surface area (Å²) in [6.07, 6.45) is -0.112. The Bertz CT molecular complexity index is 587. The van der Waals surface area contributed by atoms with Crippen molar-refractivity contribution in [2.75, 3.05) is 11.4 Å². The normalized spacial score (nSPS) is 10.1. The van der Waals surface area contributed by atoms with Crippen molar-refractivity contribution in [1.82, 2.24) is 10.3 Å². The SMILES string of the molecule is O=C(O)CCN(C(=O)NCc1cscn1)c1ccccc1. The monoisotopic (exact) mass is 305 g/mol. The maximum Gasteiger partial charge on any atom is 0.322 e. The molecule has 1 aromatic carbocycles. The molecule has 6 nitrogen and oxygen atoms in total. The number of anilines is 1. The highest BCUT2D eigenvalue weighted by atomic mass is 32.1. The molecular weight excluding hydrogens is 290 g/mol. The number of aliphatic carboxylic acids is 1. The van der Waals surface area contributed by atoms with Gasteiger partial charge < -0.3 is 10.4 Å². The Labute approximate surface area is 126 Å². The molecule has 0 aliphatic rings. The number of carbonyl (C=O) groups excluding carboxylic acids is 1. The average molecular weight is 305 g/mol. The van der Waals surface area contributed by atoms with E-state index in [0.717, 1.165) is 5.69 Å². The zero-order chi connectivity index (χ0) is 15.1. The fraction of sp³-hybridized carbons (Fsp3) is 0.214. The molecule has 0 radical (unpaired) electrons. The molecule has 2 amide bonds. The zero-order valence-corrected chi connectivity index (χ0v) is 12.0. The van der Waals surface area contributed by atoms with Crippen LogP contribution in [-0.2, 0) is 11.3 Å². The third-order valence-corrected chi connectivity index (χ3v) is 3.40. The second-order valence-electron chi connectivity index (χ2n) is 4.27. The van der Waals surface area contributed by atoms with Gasteiger partial charge in [0, 0.05) is 17.6 Å². The third kappa shape index (κ3) is 4.57. The number of carboxylic acids is 1. The predicted molar refractivity (Wildman–Crippen MR) is 80.4 cm³/mol. The summed E-state index contributed by atoms with van der Waals surface area (Å²) >= 11 is 1.46. The van der Waals surface area contributed by atoms with E-state index in [-0.39, 0.29) is 19.0 Å². The van der Waals surface area contributed by atoms with E-state index < -0.39 is 5.97 Å². The Kier molecular flexibility index (Phi) is 5.28. The topological polar surface area (TPSA) is 82.5 Å². The quantitative estimate of drug-likeness (QED) is 0.858. The Morgan fingerprint density at radius 3 is 2.67 bits per heavy atom. The standard InChI is InChI=1S/C14H15N3O3S/c18-13(19)6-7-17(12-4-2-1-3-5-12)14(20)15-8-11-9-21-10-16-11/h1-5,9-10H,6-8H2,(H,15,20)(H,18,19). The van der Waals surface area contributed by atoms with Gasteiger partial charge in [-0.1, -0.05) is 18.2 Å². The van der Waals surface area contributed by atoms with E-state index in [2.05, 4.69) is 10.3 Å². The summed E-state index contributed by atoms with van der Waals surface area (Å²) in [5.74, 6) is -0.941. The Morgan fingerprint density at radius 1 is 1.29 bits per heavy atom. The lowest BCUT2D eigenvalue weighted by molar-refractivity contribution is -0.136. The second kappa shape index (κ2) is 7.39. The van der Waals surface area contributed by atoms with Crippen LogP contribution in [0.2, 0.25) is 0 Å². The number of amides is 2. The van der Waals surface area contributed by atoms with Crippen LogP contribution in [0, 0.1) is 0 Å². The van der Waals surface area contributed by atoms with Gasteiger partial charge in [0.15, 0.2) is 0 Å². The van der Waals surface area contributed by atoms with Gasteiger partial charge in [-0.2, -0.15) is 0 Å². The number of hydrogen-bond acceptors (Lipinski definition) is 4. The van der Waals surface area contributed by atoms with Gasteiger partial charge in [-0.25, -0.2) is 9.78 Å². The number of aromatic nitrogens is 1. The molecule has 2 rings (SSSR count). The molecule has 0 saturated carbocycles. The van der Waals surface area contributed by atoms with Crippen molar-refractivity contribution in [3.05, 3.63) is 46.9 Å². The first-order chi connectivity index (χ1) is 10.2. The maximum atomic E-state index is 12.2. The lowest BCUT2D eigenvalue weighted by Crippen LogP contribution is -2.41. The lowest BCUT2D eigenvalue weighted by Gasteiger charge is -2.22. The molecule has 1 aromatic heterocycles. The molecule has 1 heterocycles. The molecule has 0 unspecified atom stereocenters. The highest BCUT2D eigenvalue weighted by molar-refractivity contribution is 7.07. The van der Waals surface area contributed by atoms with Crippen molar-refractivity contribution in [3.8, 4) is 0 Å². The average Bonchev–Trinajstić information content (AvgIpc) is 2.99. The van der Waals surface area contributed by atoms with Gasteiger partial charge in [0.2, 0.25) is 0 Å². The predicted octanol–water partition coefficient (Wildman–Crippen LogP) is 2.33. The van der Waals surface area contributed by atoms with Crippen LogP contribution in [0.5, 0.6) is 0 Å². The summed E-state index contributed by atoms with van der Waals surface area (Å²) < 4.78 is 0. The van der Waals surface area contributed by atoms with E-state index in [9.17, 15) is 9.59 Å². The molecule has 110 valence electrons. The molecule has 0 aliphatic carbocycles. The van der Waals surface area contributed by atoms with Crippen molar-refractivity contribution in [3.63, 3.8) is 0 Å². The van der Waals surface area contributed by atoms with Gasteiger partial charge in [-0.05, 0) is 12.1 Å². The van der Waals surface area contributed by atoms with Gasteiger partial charge in [0.1, 0.15) is 0 Å². The van der Waals surface area contributed by atoms with Crippen LogP contribution >= 0.6 is 11.3 Å². The van der Waals surface area contributed by atoms with Crippen molar-refractivity contribution >= 4 is 29.0 Å². The smallest absolute Gasteiger partial charge is 0.322 e. The number of carboxylic acid groups (broad SMARTS) is 1. The van der Waals surface area contributed by atoms with Crippen LogP contribution in [0.25, 0.3) is 0 Å². The Balaban J connectivity index is 2.03. The minimum absolute atomic E-state index is 0.112. The molecular formula is C14H15N3O3S. The number of thiazole rings is 1. The minimum Gasteiger partial charge on any atom is -0.481 e. The van der Waals surface area contributed by atoms with Crippen molar-refractivity contribution in [1.29, 1.82) is 0 Å². The van der Waals surface area contributed by atoms with E-state index in [1.807, 2.05) is 11.4 Å². The third-order valence-electron chi connectivity index (χ3n) is 2.77. The number of hydrogen-bond donors (Lipinski definition) is 2. The zero-order valence-electron chi connectivity index (χ0n) is 11.2. The van der Waals surface area contributed by atoms with Gasteiger partial charge in [0.25, 0.3) is 0 Å². The Morgan fingerprint density at radius 2 is 2.05 bits per heavy atom. The Hall–Kier alpha value is -2.41. The van der Waals surface area contributed by atoms with Crippen LogP contribution in [0.15, 0.2) is 41.2 Å². The summed E-state index contributed by atoms with van der Waals surface area (Å²) in [6.45, 7) is 0.432. The van der Waals surface area contributed by atoms with E-state index in [1.54, 1.807) is 29.8 Å². The second-order valence-corrected chi connectivity index (χ2v) is 4.99. The first kappa shape index (κ1) is 15.0. The summed E-state index contributed by atoms with van der Waals surface area (Å²) in [7, 11) is 0. The van der Waals surface area contributed by atoms with E-state index >= 15 is 0 Å². The van der Waals surface area contributed by atoms with E-state index in [1.165, 1.54) is 16.2 Å². The van der Waals surface area contributed by atoms with Crippen molar-refractivity contribution in [2.45, 2.75) is 13.0 Å². The number of rotatable bonds is 6. The van der Waals surface area contributed by atoms with Crippen LogP contribution < -0.4 is 10.2 Å². The highest BCUT2D eigenvalue weighted by Gasteiger charge is 2.16. The first-order valence-electron chi connectivity index (χ1n) is 6.36. The largest absolute Gasteiger partial charge is 0.481 e. The molecule has 0 fully saturated rings. The summed E-state index contributed by atoms with van der Waals surface area (Å²) in [5, 5.41) is 13.4. The van der Waals surface area contributed by atoms with Gasteiger partial charge >= 0.3 is 12.0 Å². The summed E-state index contributed by atoms with van der Waals surface area (Å²) in [6, 6.07) is 8.64. The van der Waals surface area contributed by atoms with Crippen LogP contribution in [0.3, 0.4) is 0 Å². The molecule has 7 heteroatoms. The fourth-order valence-electron chi connectivity index (χ4n) is 1.75. The minimum atomic E-state index is -0.941. The number of carbonyl (C=O) groups is 2. The molecule has 0 aliphatic heterocycles. The van der Waals surface area contributed by atoms with Crippen LogP contribution in [-0.4, -0.2) is 28.6 Å². The van der Waals surface area contributed by atoms with Gasteiger partial charge in [-0.15, -0.1) is 11.3 Å². The van der Waals surface area contributed by atoms with E-state index in [0.29, 0.717) is 12.2 Å². The number of benzene rings is 1. The molecule has 0 saturated heterocycles. The molecule has 2 aromatic rings. The molecule has 0 bridgehead atoms. The maximum absolute atomic E-state index is 12.2. The van der Waals surface area contributed by atoms with Crippen LogP contribution in [0.4, 0.5) is 10.5 Å². The van der Waals surface area contributed by atoms with Crippen LogP contribution in [0.1, 0.15) is 12.1 Å². The number of nitrogens with zero attached hydrogens (tertiary/aromatic N) is 2. The summed E-state index contributed by atoms with van der Waals surface area (Å²) in [5.41, 5.74) is 3.13. The van der Waals surface area contributed by atoms with Gasteiger partial charge in [0.05, 0.1) is 24.2 Å². The van der Waals surface area contributed by atoms with Crippen molar-refractivity contribution in [2.24, 2.45) is 0 Å². The molecule has 0 spiro atoms. The lowest BCUT2D eigenvalue weighted by atomic mass is 10.2. The number of para-hydroxylation sites is 1. The molecule has 0 atom stereocenters. The number of nitrogens with one attached hydrogen (secondary N) is 1. The molecule has 21 heavy (non-hydrogen) atoms. The summed E-state index contributed by atoms with van der Waals surface area (Å²) in [4.78, 5) is 28.5. The first-order valence-corrected chi connectivity index (χ1v) is 7.30. The van der Waals surface area contributed by atoms with Gasteiger partial charge in [-0.3, -0.25) is 9.69 Å². The fourth-order valence-corrected chi connectivity index (χ4v) is 2.31. The van der Waals surface area contributed by atoms with E-state index in [4.69, 9.17) is 5.11 Å². The number of urea groups is 1. The molecule has 2 N–H and O–H groups in total. The highest BCUT2D eigenvalue weighted by Crippen LogP contribution is 2.14. The van der Waals surface area contributed by atoms with Crippen molar-refractivity contribution < 1.29 is 14.7 Å².